The number of rotatable bonds is 6. The molecule has 0 aliphatic carbocycles. The first-order valence-corrected chi connectivity index (χ1v) is 10.1. The van der Waals surface area contributed by atoms with Gasteiger partial charge < -0.3 is 5.32 Å². The topological polar surface area (TPSA) is 66.5 Å². The predicted molar refractivity (Wildman–Crippen MR) is 102 cm³/mol. The normalized spacial score (nSPS) is 11.6. The fourth-order valence-electron chi connectivity index (χ4n) is 2.06. The van der Waals surface area contributed by atoms with Gasteiger partial charge >= 0.3 is 0 Å². The van der Waals surface area contributed by atoms with Crippen molar-refractivity contribution >= 4 is 55.1 Å². The molecule has 0 spiro atoms. The van der Waals surface area contributed by atoms with E-state index in [0.29, 0.717) is 15.6 Å². The number of amides is 1. The van der Waals surface area contributed by atoms with Gasteiger partial charge in [0.25, 0.3) is 0 Å². The molecule has 0 atom stereocenters. The van der Waals surface area contributed by atoms with Crippen molar-refractivity contribution in [3.8, 4) is 0 Å². The highest BCUT2D eigenvalue weighted by atomic mass is 79.9. The molecule has 0 bridgehead atoms. The number of nitrogens with zero attached hydrogens (tertiary/aromatic N) is 1. The minimum absolute atomic E-state index is 0.0112. The molecule has 1 amide bonds. The van der Waals surface area contributed by atoms with Crippen molar-refractivity contribution in [1.82, 2.24) is 9.62 Å². The average molecular weight is 466 g/mol. The molecule has 0 radical (unpaired) electrons. The van der Waals surface area contributed by atoms with E-state index < -0.39 is 15.9 Å². The van der Waals surface area contributed by atoms with Crippen LogP contribution in [0.3, 0.4) is 0 Å². The Bertz CT molecular complexity index is 873. The van der Waals surface area contributed by atoms with E-state index in [1.807, 2.05) is 0 Å². The number of likely N-dealkylation sites (N-methyl/N-ethyl adjacent to an activating group) is 1. The van der Waals surface area contributed by atoms with Crippen molar-refractivity contribution in [3.05, 3.63) is 62.5 Å². The number of carbonyl (C=O) groups is 1. The summed E-state index contributed by atoms with van der Waals surface area (Å²) in [6.07, 6.45) is 0. The zero-order valence-electron chi connectivity index (χ0n) is 13.2. The van der Waals surface area contributed by atoms with Crippen molar-refractivity contribution in [1.29, 1.82) is 0 Å². The number of carbonyl (C=O) groups excluding carboxylic acids is 1. The van der Waals surface area contributed by atoms with Crippen molar-refractivity contribution in [2.75, 3.05) is 13.6 Å². The van der Waals surface area contributed by atoms with E-state index in [9.17, 15) is 13.2 Å². The first kappa shape index (κ1) is 20.2. The zero-order chi connectivity index (χ0) is 18.6. The van der Waals surface area contributed by atoms with Crippen LogP contribution in [0, 0.1) is 0 Å². The second kappa shape index (κ2) is 8.51. The van der Waals surface area contributed by atoms with E-state index >= 15 is 0 Å². The third-order valence-electron chi connectivity index (χ3n) is 3.39. The highest BCUT2D eigenvalue weighted by Gasteiger charge is 2.26. The Kier molecular flexibility index (Phi) is 6.87. The van der Waals surface area contributed by atoms with Crippen LogP contribution in [0.25, 0.3) is 0 Å². The van der Waals surface area contributed by atoms with Crippen LogP contribution in [-0.2, 0) is 21.4 Å². The lowest BCUT2D eigenvalue weighted by molar-refractivity contribution is -0.120. The highest BCUT2D eigenvalue weighted by molar-refractivity contribution is 9.10. The Hall–Kier alpha value is -1.12. The van der Waals surface area contributed by atoms with Crippen LogP contribution in [-0.4, -0.2) is 32.2 Å². The Balaban J connectivity index is 2.38. The molecule has 0 fully saturated rings. The summed E-state index contributed by atoms with van der Waals surface area (Å²) in [5.74, 6) is -0.416. The molecule has 0 heterocycles. The lowest BCUT2D eigenvalue weighted by atomic mass is 10.2. The molecule has 0 aromatic heterocycles. The molecule has 0 aliphatic heterocycles. The molecule has 0 saturated heterocycles. The van der Waals surface area contributed by atoms with Crippen LogP contribution < -0.4 is 5.32 Å². The number of sulfonamides is 1. The number of hydrogen-bond donors (Lipinski definition) is 1. The lowest BCUT2D eigenvalue weighted by Gasteiger charge is -2.22. The summed E-state index contributed by atoms with van der Waals surface area (Å²) >= 11 is 15.2. The molecule has 0 unspecified atom stereocenters. The van der Waals surface area contributed by atoms with E-state index in [2.05, 4.69) is 21.2 Å². The maximum absolute atomic E-state index is 12.9. The van der Waals surface area contributed by atoms with E-state index in [0.717, 1.165) is 8.78 Å². The van der Waals surface area contributed by atoms with Gasteiger partial charge in [-0.25, -0.2) is 8.42 Å². The smallest absolute Gasteiger partial charge is 0.243 e. The van der Waals surface area contributed by atoms with Gasteiger partial charge in [-0.1, -0.05) is 45.2 Å². The largest absolute Gasteiger partial charge is 0.358 e. The molecule has 2 aromatic carbocycles. The minimum Gasteiger partial charge on any atom is -0.358 e. The van der Waals surface area contributed by atoms with Crippen molar-refractivity contribution in [2.45, 2.75) is 11.4 Å². The molecule has 1 N–H and O–H groups in total. The van der Waals surface area contributed by atoms with Crippen LogP contribution >= 0.6 is 39.1 Å². The SMILES string of the molecule is CNC(=O)CN(Cc1ccc(Cl)c(Cl)c1)S(=O)(=O)c1ccc(Br)cc1. The fraction of sp³-hybridized carbons (Fsp3) is 0.188. The molecular formula is C16H15BrCl2N2O3S. The average Bonchev–Trinajstić information content (AvgIpc) is 2.57. The van der Waals surface area contributed by atoms with E-state index in [1.54, 1.807) is 30.3 Å². The monoisotopic (exact) mass is 464 g/mol. The molecule has 0 aliphatic rings. The summed E-state index contributed by atoms with van der Waals surface area (Å²) in [5, 5.41) is 3.13. The highest BCUT2D eigenvalue weighted by Crippen LogP contribution is 2.25. The molecule has 9 heteroatoms. The van der Waals surface area contributed by atoms with Crippen LogP contribution in [0.1, 0.15) is 5.56 Å². The number of hydrogen-bond acceptors (Lipinski definition) is 3. The van der Waals surface area contributed by atoms with E-state index in [4.69, 9.17) is 23.2 Å². The summed E-state index contributed by atoms with van der Waals surface area (Å²) in [6, 6.07) is 11.0. The standard InChI is InChI=1S/C16H15BrCl2N2O3S/c1-20-16(22)10-21(9-11-2-7-14(18)15(19)8-11)25(23,24)13-5-3-12(17)4-6-13/h2-8H,9-10H2,1H3,(H,20,22). The van der Waals surface area contributed by atoms with Crippen molar-refractivity contribution < 1.29 is 13.2 Å². The van der Waals surface area contributed by atoms with Gasteiger partial charge in [-0.05, 0) is 42.0 Å². The van der Waals surface area contributed by atoms with Crippen molar-refractivity contribution in [2.24, 2.45) is 0 Å². The quantitative estimate of drug-likeness (QED) is 0.707. The molecule has 2 rings (SSSR count). The Labute approximate surface area is 165 Å². The summed E-state index contributed by atoms with van der Waals surface area (Å²) in [7, 11) is -2.42. The number of nitrogens with one attached hydrogen (secondary N) is 1. The molecule has 0 saturated carbocycles. The van der Waals surface area contributed by atoms with Crippen LogP contribution in [0.2, 0.25) is 10.0 Å². The maximum Gasteiger partial charge on any atom is 0.243 e. The van der Waals surface area contributed by atoms with E-state index in [1.165, 1.54) is 19.2 Å². The molecule has 25 heavy (non-hydrogen) atoms. The second-order valence-electron chi connectivity index (χ2n) is 5.15. The molecule has 5 nitrogen and oxygen atoms in total. The Morgan fingerprint density at radius 3 is 2.32 bits per heavy atom. The van der Waals surface area contributed by atoms with E-state index in [-0.39, 0.29) is 18.0 Å². The van der Waals surface area contributed by atoms with Crippen LogP contribution in [0.5, 0.6) is 0 Å². The molecule has 134 valence electrons. The van der Waals surface area contributed by atoms with Gasteiger partial charge in [-0.3, -0.25) is 4.79 Å². The van der Waals surface area contributed by atoms with Gasteiger partial charge in [-0.15, -0.1) is 0 Å². The molecular weight excluding hydrogens is 451 g/mol. The first-order valence-electron chi connectivity index (χ1n) is 7.14. The summed E-state index contributed by atoms with van der Waals surface area (Å²) in [5.41, 5.74) is 0.624. The second-order valence-corrected chi connectivity index (χ2v) is 8.82. The van der Waals surface area contributed by atoms with Crippen molar-refractivity contribution in [3.63, 3.8) is 0 Å². The van der Waals surface area contributed by atoms with Gasteiger partial charge in [0, 0.05) is 18.1 Å². The fourth-order valence-corrected chi connectivity index (χ4v) is 4.03. The van der Waals surface area contributed by atoms with Crippen LogP contribution in [0.15, 0.2) is 51.8 Å². The summed E-state index contributed by atoms with van der Waals surface area (Å²) in [4.78, 5) is 11.9. The third kappa shape index (κ3) is 5.18. The Morgan fingerprint density at radius 1 is 1.12 bits per heavy atom. The minimum atomic E-state index is -3.87. The number of halogens is 3. The number of benzene rings is 2. The third-order valence-corrected chi connectivity index (χ3v) is 6.47. The summed E-state index contributed by atoms with van der Waals surface area (Å²) in [6.45, 7) is -0.322. The van der Waals surface area contributed by atoms with Gasteiger partial charge in [0.2, 0.25) is 15.9 Å². The van der Waals surface area contributed by atoms with Gasteiger partial charge in [-0.2, -0.15) is 4.31 Å². The molecule has 2 aromatic rings. The lowest BCUT2D eigenvalue weighted by Crippen LogP contribution is -2.39. The zero-order valence-corrected chi connectivity index (χ0v) is 17.1. The van der Waals surface area contributed by atoms with Gasteiger partial charge in [0.15, 0.2) is 0 Å². The Morgan fingerprint density at radius 2 is 1.76 bits per heavy atom. The maximum atomic E-state index is 12.9. The predicted octanol–water partition coefficient (Wildman–Crippen LogP) is 3.69. The van der Waals surface area contributed by atoms with Gasteiger partial charge in [0.05, 0.1) is 21.5 Å². The summed E-state index contributed by atoms with van der Waals surface area (Å²) < 4.78 is 27.7. The first-order chi connectivity index (χ1) is 11.7. The van der Waals surface area contributed by atoms with Crippen LogP contribution in [0.4, 0.5) is 0 Å². The van der Waals surface area contributed by atoms with Gasteiger partial charge in [0.1, 0.15) is 0 Å².